The highest BCUT2D eigenvalue weighted by atomic mass is 32.2. The number of pyridine rings is 1. The second kappa shape index (κ2) is 6.86. The molecule has 0 aliphatic carbocycles. The summed E-state index contributed by atoms with van der Waals surface area (Å²) in [6.07, 6.45) is 0. The summed E-state index contributed by atoms with van der Waals surface area (Å²) in [6, 6.07) is 3.68. The molecule has 0 saturated carbocycles. The molecule has 0 aliphatic rings. The first kappa shape index (κ1) is 15.9. The van der Waals surface area contributed by atoms with Crippen molar-refractivity contribution in [3.8, 4) is 5.75 Å². The van der Waals surface area contributed by atoms with Crippen LogP contribution in [0.5, 0.6) is 5.75 Å². The van der Waals surface area contributed by atoms with Gasteiger partial charge < -0.3 is 10.1 Å². The van der Waals surface area contributed by atoms with Crippen molar-refractivity contribution in [1.82, 2.24) is 10.3 Å². The van der Waals surface area contributed by atoms with Gasteiger partial charge in [0, 0.05) is 12.2 Å². The van der Waals surface area contributed by atoms with Crippen LogP contribution < -0.4 is 10.1 Å². The van der Waals surface area contributed by atoms with E-state index in [1.54, 1.807) is 13.8 Å². The lowest BCUT2D eigenvalue weighted by Gasteiger charge is -2.12. The molecule has 0 amide bonds. The van der Waals surface area contributed by atoms with E-state index >= 15 is 0 Å². The number of nitrogens with zero attached hydrogens (tertiary/aromatic N) is 1. The molecule has 0 radical (unpaired) electrons. The van der Waals surface area contributed by atoms with Gasteiger partial charge >= 0.3 is 0 Å². The maximum Gasteiger partial charge on any atom is 0.155 e. The molecule has 5 nitrogen and oxygen atoms in total. The molecule has 0 saturated heterocycles. The summed E-state index contributed by atoms with van der Waals surface area (Å²) >= 11 is 0. The van der Waals surface area contributed by atoms with Gasteiger partial charge in [-0.1, -0.05) is 0 Å². The quantitative estimate of drug-likeness (QED) is 0.818. The molecule has 0 fully saturated rings. The first-order chi connectivity index (χ1) is 8.86. The Labute approximate surface area is 115 Å². The molecule has 1 aromatic rings. The average Bonchev–Trinajstić information content (AvgIpc) is 2.32. The third-order valence-electron chi connectivity index (χ3n) is 2.76. The van der Waals surface area contributed by atoms with Crippen LogP contribution in [0.25, 0.3) is 0 Å². The number of ether oxygens (including phenoxy) is 1. The zero-order valence-corrected chi connectivity index (χ0v) is 12.8. The van der Waals surface area contributed by atoms with Crippen molar-refractivity contribution >= 4 is 9.84 Å². The van der Waals surface area contributed by atoms with Gasteiger partial charge in [0.25, 0.3) is 0 Å². The lowest BCUT2D eigenvalue weighted by atomic mass is 10.3. The molecule has 1 N–H and O–H groups in total. The first-order valence-corrected chi connectivity index (χ1v) is 8.04. The standard InChI is InChI=1S/C13H22N2O3S/c1-10(2)19(16,17)8-7-18-13-6-5-11(3)15-12(13)9-14-4/h5-6,10,14H,7-9H2,1-4H3. The summed E-state index contributed by atoms with van der Waals surface area (Å²) in [5.41, 5.74) is 1.71. The van der Waals surface area contributed by atoms with Crippen LogP contribution in [0.1, 0.15) is 25.2 Å². The van der Waals surface area contributed by atoms with Crippen LogP contribution in [0.15, 0.2) is 12.1 Å². The summed E-state index contributed by atoms with van der Waals surface area (Å²) in [5.74, 6) is 0.663. The second-order valence-corrected chi connectivity index (χ2v) is 7.37. The van der Waals surface area contributed by atoms with Crippen molar-refractivity contribution in [3.63, 3.8) is 0 Å². The second-order valence-electron chi connectivity index (χ2n) is 4.69. The molecule has 0 atom stereocenters. The number of sulfone groups is 1. The molecule has 1 heterocycles. The molecule has 0 aromatic carbocycles. The highest BCUT2D eigenvalue weighted by Crippen LogP contribution is 2.17. The normalized spacial score (nSPS) is 11.8. The van der Waals surface area contributed by atoms with Gasteiger partial charge in [0.1, 0.15) is 12.4 Å². The van der Waals surface area contributed by atoms with E-state index in [9.17, 15) is 8.42 Å². The average molecular weight is 286 g/mol. The molecular weight excluding hydrogens is 264 g/mol. The van der Waals surface area contributed by atoms with Gasteiger partial charge in [0.15, 0.2) is 9.84 Å². The van der Waals surface area contributed by atoms with Gasteiger partial charge in [0.2, 0.25) is 0 Å². The molecule has 0 aliphatic heterocycles. The van der Waals surface area contributed by atoms with E-state index in [1.807, 2.05) is 26.1 Å². The van der Waals surface area contributed by atoms with E-state index < -0.39 is 9.84 Å². The smallest absolute Gasteiger partial charge is 0.155 e. The maximum absolute atomic E-state index is 11.7. The fourth-order valence-electron chi connectivity index (χ4n) is 1.53. The molecule has 0 bridgehead atoms. The SMILES string of the molecule is CNCc1nc(C)ccc1OCCS(=O)(=O)C(C)C. The molecule has 6 heteroatoms. The van der Waals surface area contributed by atoms with Crippen LogP contribution in [0.4, 0.5) is 0 Å². The highest BCUT2D eigenvalue weighted by Gasteiger charge is 2.16. The summed E-state index contributed by atoms with van der Waals surface area (Å²) in [4.78, 5) is 4.38. The predicted octanol–water partition coefficient (Wildman–Crippen LogP) is 1.31. The monoisotopic (exact) mass is 286 g/mol. The largest absolute Gasteiger partial charge is 0.491 e. The van der Waals surface area contributed by atoms with Crippen LogP contribution in [-0.2, 0) is 16.4 Å². The first-order valence-electron chi connectivity index (χ1n) is 6.32. The number of aryl methyl sites for hydroxylation is 1. The Kier molecular flexibility index (Phi) is 5.75. The molecule has 19 heavy (non-hydrogen) atoms. The van der Waals surface area contributed by atoms with E-state index in [-0.39, 0.29) is 17.6 Å². The summed E-state index contributed by atoms with van der Waals surface area (Å²) < 4.78 is 28.9. The fourth-order valence-corrected chi connectivity index (χ4v) is 2.31. The van der Waals surface area contributed by atoms with Crippen LogP contribution in [-0.4, -0.2) is 38.1 Å². The molecule has 1 rings (SSSR count). The lowest BCUT2D eigenvalue weighted by molar-refractivity contribution is 0.334. The van der Waals surface area contributed by atoms with Crippen molar-refractivity contribution in [1.29, 1.82) is 0 Å². The van der Waals surface area contributed by atoms with E-state index in [2.05, 4.69) is 10.3 Å². The van der Waals surface area contributed by atoms with Gasteiger partial charge in [-0.2, -0.15) is 0 Å². The van der Waals surface area contributed by atoms with E-state index in [4.69, 9.17) is 4.74 Å². The Morgan fingerprint density at radius 1 is 1.37 bits per heavy atom. The van der Waals surface area contributed by atoms with Crippen molar-refractivity contribution in [2.24, 2.45) is 0 Å². The molecule has 0 spiro atoms. The van der Waals surface area contributed by atoms with Crippen molar-refractivity contribution in [2.75, 3.05) is 19.4 Å². The number of nitrogens with one attached hydrogen (secondary N) is 1. The third-order valence-corrected chi connectivity index (χ3v) is 4.93. The third kappa shape index (κ3) is 4.80. The minimum absolute atomic E-state index is 0.0253. The summed E-state index contributed by atoms with van der Waals surface area (Å²) in [7, 11) is -1.23. The van der Waals surface area contributed by atoms with Crippen molar-refractivity contribution in [2.45, 2.75) is 32.6 Å². The Balaban J connectivity index is 2.68. The van der Waals surface area contributed by atoms with Gasteiger partial charge in [0.05, 0.1) is 16.7 Å². The maximum atomic E-state index is 11.7. The molecule has 1 aromatic heterocycles. The van der Waals surface area contributed by atoms with Crippen LogP contribution in [0, 0.1) is 6.92 Å². The van der Waals surface area contributed by atoms with Gasteiger partial charge in [-0.25, -0.2) is 8.42 Å². The highest BCUT2D eigenvalue weighted by molar-refractivity contribution is 7.91. The van der Waals surface area contributed by atoms with Gasteiger partial charge in [-0.3, -0.25) is 4.98 Å². The van der Waals surface area contributed by atoms with E-state index in [0.717, 1.165) is 11.4 Å². The minimum Gasteiger partial charge on any atom is -0.491 e. The zero-order chi connectivity index (χ0) is 14.5. The summed E-state index contributed by atoms with van der Waals surface area (Å²) in [5, 5.41) is 2.64. The fraction of sp³-hybridized carbons (Fsp3) is 0.615. The van der Waals surface area contributed by atoms with Crippen molar-refractivity contribution in [3.05, 3.63) is 23.5 Å². The zero-order valence-electron chi connectivity index (χ0n) is 11.9. The number of hydrogen-bond acceptors (Lipinski definition) is 5. The van der Waals surface area contributed by atoms with Gasteiger partial charge in [-0.05, 0) is 40.0 Å². The molecule has 0 unspecified atom stereocenters. The molecular formula is C13H22N2O3S. The van der Waals surface area contributed by atoms with Gasteiger partial charge in [-0.15, -0.1) is 0 Å². The van der Waals surface area contributed by atoms with Crippen LogP contribution in [0.3, 0.4) is 0 Å². The Hall–Kier alpha value is -1.14. The number of rotatable bonds is 7. The predicted molar refractivity (Wildman–Crippen MR) is 76.2 cm³/mol. The van der Waals surface area contributed by atoms with E-state index in [1.165, 1.54) is 0 Å². The van der Waals surface area contributed by atoms with E-state index in [0.29, 0.717) is 12.3 Å². The molecule has 108 valence electrons. The van der Waals surface area contributed by atoms with Crippen LogP contribution >= 0.6 is 0 Å². The van der Waals surface area contributed by atoms with Crippen molar-refractivity contribution < 1.29 is 13.2 Å². The topological polar surface area (TPSA) is 68.3 Å². The Morgan fingerprint density at radius 2 is 2.05 bits per heavy atom. The lowest BCUT2D eigenvalue weighted by Crippen LogP contribution is -2.22. The minimum atomic E-state index is -3.06. The Bertz CT molecular complexity index is 513. The van der Waals surface area contributed by atoms with Crippen LogP contribution in [0.2, 0.25) is 0 Å². The summed E-state index contributed by atoms with van der Waals surface area (Å²) in [6.45, 7) is 6.01. The Morgan fingerprint density at radius 3 is 2.63 bits per heavy atom. The number of aromatic nitrogens is 1. The number of hydrogen-bond donors (Lipinski definition) is 1.